The van der Waals surface area contributed by atoms with Crippen LogP contribution in [0.1, 0.15) is 18.7 Å². The van der Waals surface area contributed by atoms with Crippen molar-refractivity contribution in [2.24, 2.45) is 5.92 Å². The molecule has 6 nitrogen and oxygen atoms in total. The molecule has 2 aromatic heterocycles. The number of fused-ring (bicyclic) bond motifs is 1. The average molecular weight is 280 g/mol. The molecule has 0 bridgehead atoms. The molecule has 102 valence electrons. The molecule has 2 N–H and O–H groups in total. The molecule has 1 aliphatic rings. The number of sulfone groups is 1. The fourth-order valence-corrected chi connectivity index (χ4v) is 4.11. The molecule has 0 aliphatic carbocycles. The van der Waals surface area contributed by atoms with Crippen molar-refractivity contribution in [1.29, 1.82) is 0 Å². The van der Waals surface area contributed by atoms with Gasteiger partial charge in [0, 0.05) is 12.6 Å². The molecular formula is C12H16N4O2S. The quantitative estimate of drug-likeness (QED) is 0.873. The van der Waals surface area contributed by atoms with Gasteiger partial charge in [-0.2, -0.15) is 0 Å². The lowest BCUT2D eigenvalue weighted by atomic mass is 9.98. The number of pyridine rings is 1. The molecule has 0 aromatic carbocycles. The Hall–Kier alpha value is -1.63. The molecule has 0 radical (unpaired) electrons. The third kappa shape index (κ3) is 2.42. The number of anilines is 1. The zero-order chi connectivity index (χ0) is 13.5. The van der Waals surface area contributed by atoms with Gasteiger partial charge in [0.05, 0.1) is 17.2 Å². The van der Waals surface area contributed by atoms with Crippen LogP contribution in [0, 0.1) is 5.92 Å². The maximum Gasteiger partial charge on any atom is 0.183 e. The first-order chi connectivity index (χ1) is 9.05. The van der Waals surface area contributed by atoms with E-state index in [1.54, 1.807) is 6.07 Å². The van der Waals surface area contributed by atoms with E-state index in [4.69, 9.17) is 5.73 Å². The second kappa shape index (κ2) is 4.48. The average Bonchev–Trinajstić information content (AvgIpc) is 2.77. The maximum atomic E-state index is 11.4. The minimum Gasteiger partial charge on any atom is -0.396 e. The third-order valence-corrected chi connectivity index (χ3v) is 5.40. The van der Waals surface area contributed by atoms with Gasteiger partial charge in [0.1, 0.15) is 15.7 Å². The van der Waals surface area contributed by atoms with Gasteiger partial charge in [-0.05, 0) is 30.9 Å². The lowest BCUT2D eigenvalue weighted by molar-refractivity contribution is 0.452. The molecule has 3 rings (SSSR count). The second-order valence-electron chi connectivity index (χ2n) is 5.07. The number of nitrogens with two attached hydrogens (primary N) is 1. The van der Waals surface area contributed by atoms with Gasteiger partial charge in [0.2, 0.25) is 0 Å². The van der Waals surface area contributed by atoms with Crippen LogP contribution in [0.4, 0.5) is 5.69 Å². The molecule has 7 heteroatoms. The lowest BCUT2D eigenvalue weighted by Gasteiger charge is -2.20. The monoisotopic (exact) mass is 280 g/mol. The van der Waals surface area contributed by atoms with E-state index in [0.29, 0.717) is 30.1 Å². The smallest absolute Gasteiger partial charge is 0.183 e. The Morgan fingerprint density at radius 1 is 1.32 bits per heavy atom. The zero-order valence-electron chi connectivity index (χ0n) is 10.5. The van der Waals surface area contributed by atoms with Crippen LogP contribution < -0.4 is 5.73 Å². The summed E-state index contributed by atoms with van der Waals surface area (Å²) in [6.45, 7) is 0. The predicted molar refractivity (Wildman–Crippen MR) is 72.5 cm³/mol. The highest BCUT2D eigenvalue weighted by molar-refractivity contribution is 7.91. The summed E-state index contributed by atoms with van der Waals surface area (Å²) >= 11 is 0. The van der Waals surface area contributed by atoms with E-state index in [9.17, 15) is 8.42 Å². The van der Waals surface area contributed by atoms with Crippen molar-refractivity contribution in [3.05, 3.63) is 24.2 Å². The molecule has 0 amide bonds. The van der Waals surface area contributed by atoms with Crippen LogP contribution in [0.2, 0.25) is 0 Å². The van der Waals surface area contributed by atoms with Crippen LogP contribution in [-0.4, -0.2) is 34.5 Å². The fourth-order valence-electron chi connectivity index (χ4n) is 2.52. The Labute approximate surface area is 111 Å². The molecule has 0 atom stereocenters. The molecule has 1 fully saturated rings. The minimum atomic E-state index is -2.81. The van der Waals surface area contributed by atoms with Crippen molar-refractivity contribution in [3.63, 3.8) is 0 Å². The third-order valence-electron chi connectivity index (χ3n) is 3.68. The summed E-state index contributed by atoms with van der Waals surface area (Å²) in [4.78, 5) is 0. The summed E-state index contributed by atoms with van der Waals surface area (Å²) in [6, 6.07) is 3.65. The van der Waals surface area contributed by atoms with Crippen molar-refractivity contribution < 1.29 is 8.42 Å². The maximum absolute atomic E-state index is 11.4. The highest BCUT2D eigenvalue weighted by Crippen LogP contribution is 2.23. The SMILES string of the molecule is Nc1cccn2c(CC3CCS(=O)(=O)CC3)nnc12. The van der Waals surface area contributed by atoms with Crippen LogP contribution in [0.25, 0.3) is 5.65 Å². The van der Waals surface area contributed by atoms with Gasteiger partial charge in [0.25, 0.3) is 0 Å². The van der Waals surface area contributed by atoms with Gasteiger partial charge < -0.3 is 5.73 Å². The van der Waals surface area contributed by atoms with Crippen molar-refractivity contribution in [1.82, 2.24) is 14.6 Å². The summed E-state index contributed by atoms with van der Waals surface area (Å²) in [5, 5.41) is 8.25. The largest absolute Gasteiger partial charge is 0.396 e. The Kier molecular flexibility index (Phi) is 2.93. The fraction of sp³-hybridized carbons (Fsp3) is 0.500. The van der Waals surface area contributed by atoms with E-state index in [2.05, 4.69) is 10.2 Å². The van der Waals surface area contributed by atoms with Gasteiger partial charge in [-0.1, -0.05) is 0 Å². The number of rotatable bonds is 2. The molecule has 0 unspecified atom stereocenters. The van der Waals surface area contributed by atoms with E-state index in [1.807, 2.05) is 16.7 Å². The topological polar surface area (TPSA) is 90.3 Å². The van der Waals surface area contributed by atoms with Crippen LogP contribution in [0.5, 0.6) is 0 Å². The van der Waals surface area contributed by atoms with Gasteiger partial charge >= 0.3 is 0 Å². The molecule has 19 heavy (non-hydrogen) atoms. The summed E-state index contributed by atoms with van der Waals surface area (Å²) in [7, 11) is -2.81. The normalized spacial score (nSPS) is 19.8. The molecule has 1 aliphatic heterocycles. The molecular weight excluding hydrogens is 264 g/mol. The number of nitrogen functional groups attached to an aromatic ring is 1. The van der Waals surface area contributed by atoms with Crippen LogP contribution >= 0.6 is 0 Å². The number of nitrogens with zero attached hydrogens (tertiary/aromatic N) is 3. The van der Waals surface area contributed by atoms with Gasteiger partial charge in [0.15, 0.2) is 5.65 Å². The number of hydrogen-bond donors (Lipinski definition) is 1. The second-order valence-corrected chi connectivity index (χ2v) is 7.38. The van der Waals surface area contributed by atoms with Crippen LogP contribution in [-0.2, 0) is 16.3 Å². The lowest BCUT2D eigenvalue weighted by Crippen LogP contribution is -2.25. The van der Waals surface area contributed by atoms with E-state index in [0.717, 1.165) is 12.2 Å². The first-order valence-electron chi connectivity index (χ1n) is 6.34. The molecule has 0 saturated carbocycles. The van der Waals surface area contributed by atoms with Gasteiger partial charge in [-0.25, -0.2) is 8.42 Å². The van der Waals surface area contributed by atoms with Gasteiger partial charge in [-0.15, -0.1) is 10.2 Å². The minimum absolute atomic E-state index is 0.288. The summed E-state index contributed by atoms with van der Waals surface area (Å²) < 4.78 is 24.7. The number of aromatic nitrogens is 3. The standard InChI is InChI=1S/C12H16N4O2S/c13-10-2-1-5-16-11(14-15-12(10)16)8-9-3-6-19(17,18)7-4-9/h1-2,5,9H,3-4,6-8,13H2. The Morgan fingerprint density at radius 2 is 2.05 bits per heavy atom. The van der Waals surface area contributed by atoms with E-state index in [1.165, 1.54) is 0 Å². The Morgan fingerprint density at radius 3 is 2.79 bits per heavy atom. The predicted octanol–water partition coefficient (Wildman–Crippen LogP) is 0.679. The Balaban J connectivity index is 1.81. The van der Waals surface area contributed by atoms with E-state index < -0.39 is 9.84 Å². The van der Waals surface area contributed by atoms with Crippen molar-refractivity contribution in [2.75, 3.05) is 17.2 Å². The van der Waals surface area contributed by atoms with Crippen molar-refractivity contribution in [2.45, 2.75) is 19.3 Å². The van der Waals surface area contributed by atoms with E-state index >= 15 is 0 Å². The highest BCUT2D eigenvalue weighted by atomic mass is 32.2. The molecule has 2 aromatic rings. The van der Waals surface area contributed by atoms with Crippen molar-refractivity contribution >= 4 is 21.2 Å². The molecule has 0 spiro atoms. The van der Waals surface area contributed by atoms with Crippen LogP contribution in [0.15, 0.2) is 18.3 Å². The van der Waals surface area contributed by atoms with Gasteiger partial charge in [-0.3, -0.25) is 4.40 Å². The number of hydrogen-bond acceptors (Lipinski definition) is 5. The first-order valence-corrected chi connectivity index (χ1v) is 8.16. The molecule has 3 heterocycles. The first kappa shape index (κ1) is 12.4. The summed E-state index contributed by atoms with van der Waals surface area (Å²) in [5.74, 6) is 1.79. The molecule has 1 saturated heterocycles. The summed E-state index contributed by atoms with van der Waals surface area (Å²) in [5.41, 5.74) is 7.11. The van der Waals surface area contributed by atoms with Crippen molar-refractivity contribution in [3.8, 4) is 0 Å². The Bertz CT molecular complexity index is 694. The summed E-state index contributed by atoms with van der Waals surface area (Å²) in [6.07, 6.45) is 4.06. The zero-order valence-corrected chi connectivity index (χ0v) is 11.3. The van der Waals surface area contributed by atoms with Crippen LogP contribution in [0.3, 0.4) is 0 Å². The highest BCUT2D eigenvalue weighted by Gasteiger charge is 2.25. The van der Waals surface area contributed by atoms with E-state index in [-0.39, 0.29) is 11.5 Å².